The Labute approximate surface area is 179 Å². The minimum atomic E-state index is -3.86. The number of hydrogen-bond donors (Lipinski definition) is 1. The Morgan fingerprint density at radius 1 is 1.10 bits per heavy atom. The van der Waals surface area contributed by atoms with Crippen LogP contribution in [0.25, 0.3) is 0 Å². The summed E-state index contributed by atoms with van der Waals surface area (Å²) < 4.78 is 32.2. The first-order chi connectivity index (χ1) is 13.7. The largest absolute Gasteiger partial charge is 0.455 e. The van der Waals surface area contributed by atoms with Crippen LogP contribution in [0, 0.1) is 0 Å². The van der Waals surface area contributed by atoms with Gasteiger partial charge in [0.2, 0.25) is 10.0 Å². The van der Waals surface area contributed by atoms with E-state index in [-0.39, 0.29) is 16.8 Å². The van der Waals surface area contributed by atoms with Crippen LogP contribution >= 0.6 is 15.9 Å². The molecule has 0 spiro atoms. The van der Waals surface area contributed by atoms with Gasteiger partial charge in [-0.1, -0.05) is 52.3 Å². The number of carbonyl (C=O) groups excluding carboxylic acids is 2. The quantitative estimate of drug-likeness (QED) is 0.554. The van der Waals surface area contributed by atoms with Gasteiger partial charge in [-0.05, 0) is 37.6 Å². The number of esters is 1. The Morgan fingerprint density at radius 3 is 2.41 bits per heavy atom. The summed E-state index contributed by atoms with van der Waals surface area (Å²) in [4.78, 5) is 26.0. The molecule has 0 saturated heterocycles. The third kappa shape index (κ3) is 7.26. The molecular weight excluding hydrogens is 460 g/mol. The van der Waals surface area contributed by atoms with Crippen molar-refractivity contribution in [1.29, 1.82) is 0 Å². The van der Waals surface area contributed by atoms with Crippen LogP contribution in [0.5, 0.6) is 0 Å². The fourth-order valence-electron chi connectivity index (χ4n) is 2.49. The molecule has 0 bridgehead atoms. The number of nitrogens with zero attached hydrogens (tertiary/aromatic N) is 1. The molecule has 0 aromatic heterocycles. The highest BCUT2D eigenvalue weighted by Crippen LogP contribution is 2.15. The average molecular weight is 483 g/mol. The molecule has 1 amide bonds. The van der Waals surface area contributed by atoms with Crippen LogP contribution in [0.2, 0.25) is 0 Å². The summed E-state index contributed by atoms with van der Waals surface area (Å²) in [5.74, 6) is -1.19. The Hall–Kier alpha value is -2.23. The SMILES string of the molecule is CC(C)N(Cc1ccccc1)C(=O)COC(=O)CNS(=O)(=O)c1cccc(Br)c1. The molecule has 156 valence electrons. The number of hydrogen-bond acceptors (Lipinski definition) is 5. The summed E-state index contributed by atoms with van der Waals surface area (Å²) in [6.45, 7) is 3.11. The average Bonchev–Trinajstić information content (AvgIpc) is 2.69. The Bertz CT molecular complexity index is 948. The first-order valence-electron chi connectivity index (χ1n) is 8.93. The molecule has 0 radical (unpaired) electrons. The number of amides is 1. The molecule has 29 heavy (non-hydrogen) atoms. The van der Waals surface area contributed by atoms with E-state index >= 15 is 0 Å². The zero-order valence-electron chi connectivity index (χ0n) is 16.2. The highest BCUT2D eigenvalue weighted by Gasteiger charge is 2.20. The lowest BCUT2D eigenvalue weighted by Crippen LogP contribution is -2.40. The van der Waals surface area contributed by atoms with Crippen molar-refractivity contribution in [3.05, 3.63) is 64.6 Å². The second-order valence-corrected chi connectivity index (χ2v) is 9.23. The summed E-state index contributed by atoms with van der Waals surface area (Å²) in [6.07, 6.45) is 0. The van der Waals surface area contributed by atoms with Crippen LogP contribution in [0.1, 0.15) is 19.4 Å². The van der Waals surface area contributed by atoms with Gasteiger partial charge in [-0.3, -0.25) is 9.59 Å². The van der Waals surface area contributed by atoms with E-state index in [4.69, 9.17) is 4.74 Å². The van der Waals surface area contributed by atoms with Crippen LogP contribution < -0.4 is 4.72 Å². The van der Waals surface area contributed by atoms with Crippen LogP contribution in [0.3, 0.4) is 0 Å². The van der Waals surface area contributed by atoms with E-state index < -0.39 is 29.1 Å². The van der Waals surface area contributed by atoms with Crippen LogP contribution in [-0.4, -0.2) is 44.4 Å². The number of ether oxygens (including phenoxy) is 1. The van der Waals surface area contributed by atoms with E-state index in [1.165, 1.54) is 12.1 Å². The lowest BCUT2D eigenvalue weighted by molar-refractivity contribution is -0.152. The molecule has 0 unspecified atom stereocenters. The molecule has 0 heterocycles. The Kier molecular flexibility index (Phi) is 8.36. The van der Waals surface area contributed by atoms with Gasteiger partial charge in [0.15, 0.2) is 6.61 Å². The lowest BCUT2D eigenvalue weighted by atomic mass is 10.2. The second-order valence-electron chi connectivity index (χ2n) is 6.54. The standard InChI is InChI=1S/C20H23BrN2O5S/c1-15(2)23(13-16-7-4-3-5-8-16)19(24)14-28-20(25)12-22-29(26,27)18-10-6-9-17(21)11-18/h3-11,15,22H,12-14H2,1-2H3. The summed E-state index contributed by atoms with van der Waals surface area (Å²) in [5.41, 5.74) is 0.961. The molecular formula is C20H23BrN2O5S. The number of rotatable bonds is 9. The van der Waals surface area contributed by atoms with Gasteiger partial charge in [0, 0.05) is 17.1 Å². The maximum atomic E-state index is 12.5. The topological polar surface area (TPSA) is 92.8 Å². The maximum absolute atomic E-state index is 12.5. The predicted molar refractivity (Wildman–Crippen MR) is 112 cm³/mol. The van der Waals surface area contributed by atoms with Gasteiger partial charge in [-0.2, -0.15) is 4.72 Å². The minimum absolute atomic E-state index is 0.0181. The molecule has 0 saturated carbocycles. The number of sulfonamides is 1. The molecule has 0 aliphatic carbocycles. The predicted octanol–water partition coefficient (Wildman–Crippen LogP) is 2.71. The normalized spacial score (nSPS) is 11.3. The second kappa shape index (κ2) is 10.5. The van der Waals surface area contributed by atoms with Gasteiger partial charge in [0.05, 0.1) is 4.90 Å². The summed E-state index contributed by atoms with van der Waals surface area (Å²) in [7, 11) is -3.86. The highest BCUT2D eigenvalue weighted by molar-refractivity contribution is 9.10. The fraction of sp³-hybridized carbons (Fsp3) is 0.300. The lowest BCUT2D eigenvalue weighted by Gasteiger charge is -2.26. The van der Waals surface area contributed by atoms with Crippen molar-refractivity contribution in [3.8, 4) is 0 Å². The van der Waals surface area contributed by atoms with Gasteiger partial charge in [0.1, 0.15) is 6.54 Å². The molecule has 0 aliphatic rings. The van der Waals surface area contributed by atoms with Crippen molar-refractivity contribution in [2.75, 3.05) is 13.2 Å². The summed E-state index contributed by atoms with van der Waals surface area (Å²) in [6, 6.07) is 15.5. The van der Waals surface area contributed by atoms with Gasteiger partial charge >= 0.3 is 5.97 Å². The van der Waals surface area contributed by atoms with Crippen molar-refractivity contribution in [2.45, 2.75) is 31.3 Å². The van der Waals surface area contributed by atoms with Gasteiger partial charge in [0.25, 0.3) is 5.91 Å². The molecule has 1 N–H and O–H groups in total. The molecule has 0 aliphatic heterocycles. The van der Waals surface area contributed by atoms with Gasteiger partial charge in [-0.25, -0.2) is 8.42 Å². The Balaban J connectivity index is 1.87. The number of benzene rings is 2. The van der Waals surface area contributed by atoms with Crippen molar-refractivity contribution in [2.24, 2.45) is 0 Å². The summed E-state index contributed by atoms with van der Waals surface area (Å²) >= 11 is 3.20. The van der Waals surface area contributed by atoms with Crippen molar-refractivity contribution in [3.63, 3.8) is 0 Å². The van der Waals surface area contributed by atoms with E-state index in [0.29, 0.717) is 11.0 Å². The highest BCUT2D eigenvalue weighted by atomic mass is 79.9. The third-order valence-corrected chi connectivity index (χ3v) is 5.90. The van der Waals surface area contributed by atoms with E-state index in [0.717, 1.165) is 5.56 Å². The first kappa shape index (κ1) is 23.1. The van der Waals surface area contributed by atoms with E-state index in [9.17, 15) is 18.0 Å². The molecule has 7 nitrogen and oxygen atoms in total. The minimum Gasteiger partial charge on any atom is -0.455 e. The molecule has 0 fully saturated rings. The molecule has 0 atom stereocenters. The van der Waals surface area contributed by atoms with E-state index in [1.54, 1.807) is 17.0 Å². The van der Waals surface area contributed by atoms with Crippen LogP contribution in [0.4, 0.5) is 0 Å². The number of carbonyl (C=O) groups is 2. The van der Waals surface area contributed by atoms with Crippen molar-refractivity contribution < 1.29 is 22.7 Å². The number of nitrogens with one attached hydrogen (secondary N) is 1. The molecule has 2 rings (SSSR count). The number of halogens is 1. The monoisotopic (exact) mass is 482 g/mol. The van der Waals surface area contributed by atoms with Crippen molar-refractivity contribution in [1.82, 2.24) is 9.62 Å². The maximum Gasteiger partial charge on any atom is 0.321 e. The van der Waals surface area contributed by atoms with Crippen molar-refractivity contribution >= 4 is 37.8 Å². The molecule has 9 heteroatoms. The zero-order valence-corrected chi connectivity index (χ0v) is 18.6. The van der Waals surface area contributed by atoms with E-state index in [1.807, 2.05) is 44.2 Å². The molecule has 2 aromatic carbocycles. The summed E-state index contributed by atoms with van der Waals surface area (Å²) in [5, 5.41) is 0. The first-order valence-corrected chi connectivity index (χ1v) is 11.2. The van der Waals surface area contributed by atoms with Gasteiger partial charge in [-0.15, -0.1) is 0 Å². The van der Waals surface area contributed by atoms with Crippen LogP contribution in [0.15, 0.2) is 64.0 Å². The van der Waals surface area contributed by atoms with Gasteiger partial charge < -0.3 is 9.64 Å². The third-order valence-electron chi connectivity index (χ3n) is 4.01. The fourth-order valence-corrected chi connectivity index (χ4v) is 4.05. The zero-order chi connectivity index (χ0) is 21.4. The van der Waals surface area contributed by atoms with E-state index in [2.05, 4.69) is 20.7 Å². The molecule has 2 aromatic rings. The van der Waals surface area contributed by atoms with Crippen LogP contribution in [-0.2, 0) is 30.9 Å². The smallest absolute Gasteiger partial charge is 0.321 e. The Morgan fingerprint density at radius 2 is 1.79 bits per heavy atom.